The topological polar surface area (TPSA) is 51.2 Å². The molecule has 1 aromatic heterocycles. The molecule has 0 fully saturated rings. The summed E-state index contributed by atoms with van der Waals surface area (Å²) in [4.78, 5) is 17.9. The fourth-order valence-electron chi connectivity index (χ4n) is 2.44. The maximum absolute atomic E-state index is 12.3. The average Bonchev–Trinajstić information content (AvgIpc) is 2.97. The second kappa shape index (κ2) is 5.79. The molecule has 2 heterocycles. The van der Waals surface area contributed by atoms with Crippen molar-refractivity contribution in [1.82, 2.24) is 4.98 Å². The molecule has 0 saturated carbocycles. The number of carbonyl (C=O) groups is 1. The largest absolute Gasteiger partial charge is 0.487 e. The van der Waals surface area contributed by atoms with E-state index >= 15 is 0 Å². The molecule has 1 amide bonds. The molecule has 0 atom stereocenters. The zero-order valence-corrected chi connectivity index (χ0v) is 14.3. The van der Waals surface area contributed by atoms with Crippen LogP contribution < -0.4 is 10.1 Å². The molecule has 0 unspecified atom stereocenters. The van der Waals surface area contributed by atoms with Gasteiger partial charge in [0.2, 0.25) is 0 Å². The highest BCUT2D eigenvalue weighted by molar-refractivity contribution is 9.10. The molecule has 3 aromatic rings. The summed E-state index contributed by atoms with van der Waals surface area (Å²) < 4.78 is 6.59. The number of ether oxygens (including phenoxy) is 1. The van der Waals surface area contributed by atoms with E-state index in [1.54, 1.807) is 12.1 Å². The summed E-state index contributed by atoms with van der Waals surface area (Å²) in [6.45, 7) is 0.483. The first kappa shape index (κ1) is 14.4. The van der Waals surface area contributed by atoms with Crippen molar-refractivity contribution in [2.75, 3.05) is 5.32 Å². The Bertz CT molecular complexity index is 907. The van der Waals surface area contributed by atoms with E-state index < -0.39 is 0 Å². The molecule has 2 aromatic carbocycles. The van der Waals surface area contributed by atoms with E-state index in [0.717, 1.165) is 26.4 Å². The van der Waals surface area contributed by atoms with Gasteiger partial charge in [-0.25, -0.2) is 4.98 Å². The third-order valence-corrected chi connectivity index (χ3v) is 4.94. The van der Waals surface area contributed by atoms with Crippen molar-refractivity contribution >= 4 is 38.3 Å². The van der Waals surface area contributed by atoms with Gasteiger partial charge in [0.05, 0.1) is 10.6 Å². The van der Waals surface area contributed by atoms with Gasteiger partial charge in [-0.05, 0) is 30.3 Å². The minimum absolute atomic E-state index is 0.174. The third kappa shape index (κ3) is 2.75. The Hall–Kier alpha value is -2.18. The molecule has 23 heavy (non-hydrogen) atoms. The van der Waals surface area contributed by atoms with Crippen molar-refractivity contribution in [1.29, 1.82) is 0 Å². The van der Waals surface area contributed by atoms with Crippen LogP contribution in [0.15, 0.2) is 53.0 Å². The van der Waals surface area contributed by atoms with Gasteiger partial charge in [-0.2, -0.15) is 0 Å². The van der Waals surface area contributed by atoms with Crippen molar-refractivity contribution in [3.63, 3.8) is 0 Å². The number of nitrogens with zero attached hydrogens (tertiary/aromatic N) is 1. The molecule has 4 rings (SSSR count). The normalized spacial score (nSPS) is 12.0. The molecule has 1 aliphatic rings. The van der Waals surface area contributed by atoms with Crippen LogP contribution in [-0.4, -0.2) is 10.9 Å². The van der Waals surface area contributed by atoms with Crippen LogP contribution >= 0.6 is 27.3 Å². The number of amides is 1. The van der Waals surface area contributed by atoms with Gasteiger partial charge in [0, 0.05) is 15.6 Å². The van der Waals surface area contributed by atoms with E-state index in [1.807, 2.05) is 36.4 Å². The highest BCUT2D eigenvalue weighted by Gasteiger charge is 2.22. The summed E-state index contributed by atoms with van der Waals surface area (Å²) in [6.07, 6.45) is 0. The molecule has 1 N–H and O–H groups in total. The Morgan fingerprint density at radius 1 is 1.22 bits per heavy atom. The molecule has 0 aliphatic carbocycles. The number of carbonyl (C=O) groups excluding carboxylic acids is 1. The zero-order chi connectivity index (χ0) is 15.8. The van der Waals surface area contributed by atoms with E-state index in [1.165, 1.54) is 11.3 Å². The van der Waals surface area contributed by atoms with Gasteiger partial charge < -0.3 is 4.74 Å². The van der Waals surface area contributed by atoms with Crippen molar-refractivity contribution in [3.8, 4) is 17.0 Å². The lowest BCUT2D eigenvalue weighted by Gasteiger charge is -2.15. The Labute approximate surface area is 145 Å². The minimum atomic E-state index is -0.174. The number of benzene rings is 2. The summed E-state index contributed by atoms with van der Waals surface area (Å²) in [7, 11) is 0. The van der Waals surface area contributed by atoms with Crippen LogP contribution in [0.5, 0.6) is 5.75 Å². The van der Waals surface area contributed by atoms with Gasteiger partial charge in [-0.15, -0.1) is 0 Å². The van der Waals surface area contributed by atoms with Crippen molar-refractivity contribution in [2.45, 2.75) is 6.61 Å². The van der Waals surface area contributed by atoms with Crippen molar-refractivity contribution in [2.24, 2.45) is 0 Å². The fraction of sp³-hybridized carbons (Fsp3) is 0.0588. The molecular weight excluding hydrogens is 376 g/mol. The summed E-state index contributed by atoms with van der Waals surface area (Å²) in [6, 6.07) is 15.1. The van der Waals surface area contributed by atoms with Gasteiger partial charge in [0.25, 0.3) is 5.91 Å². The number of fused-ring (bicyclic) bond motifs is 3. The Balaban J connectivity index is 1.63. The number of anilines is 1. The lowest BCUT2D eigenvalue weighted by atomic mass is 10.1. The fourth-order valence-corrected chi connectivity index (χ4v) is 3.73. The maximum Gasteiger partial charge on any atom is 0.257 e. The third-order valence-electron chi connectivity index (χ3n) is 3.51. The lowest BCUT2D eigenvalue weighted by molar-refractivity contribution is 0.102. The average molecular weight is 387 g/mol. The summed E-state index contributed by atoms with van der Waals surface area (Å²) in [5.41, 5.74) is 2.44. The van der Waals surface area contributed by atoms with Gasteiger partial charge in [0.15, 0.2) is 5.13 Å². The first-order valence-electron chi connectivity index (χ1n) is 6.99. The van der Waals surface area contributed by atoms with Crippen LogP contribution in [-0.2, 0) is 6.61 Å². The first-order valence-corrected chi connectivity index (χ1v) is 8.60. The Morgan fingerprint density at radius 3 is 2.96 bits per heavy atom. The van der Waals surface area contributed by atoms with Crippen LogP contribution in [0.25, 0.3) is 11.3 Å². The Kier molecular flexibility index (Phi) is 3.63. The molecule has 114 valence electrons. The number of halogens is 1. The summed E-state index contributed by atoms with van der Waals surface area (Å²) >= 11 is 4.82. The summed E-state index contributed by atoms with van der Waals surface area (Å²) in [5, 5.41) is 3.45. The zero-order valence-electron chi connectivity index (χ0n) is 11.9. The van der Waals surface area contributed by atoms with Gasteiger partial charge in [-0.1, -0.05) is 45.5 Å². The highest BCUT2D eigenvalue weighted by atomic mass is 79.9. The molecule has 4 nitrogen and oxygen atoms in total. The molecule has 0 saturated heterocycles. The second-order valence-electron chi connectivity index (χ2n) is 5.04. The van der Waals surface area contributed by atoms with Crippen LogP contribution in [0.2, 0.25) is 0 Å². The highest BCUT2D eigenvalue weighted by Crippen LogP contribution is 2.40. The minimum Gasteiger partial charge on any atom is -0.487 e. The number of thiazole rings is 1. The SMILES string of the molecule is O=C(Nc1nc2c(s1)COc1ccccc1-2)c1cccc(Br)c1. The van der Waals surface area contributed by atoms with E-state index in [0.29, 0.717) is 17.3 Å². The Morgan fingerprint density at radius 2 is 2.09 bits per heavy atom. The van der Waals surface area contributed by atoms with Crippen molar-refractivity contribution < 1.29 is 9.53 Å². The molecular formula is C17H11BrN2O2S. The lowest BCUT2D eigenvalue weighted by Crippen LogP contribution is -2.11. The van der Waals surface area contributed by atoms with E-state index in [4.69, 9.17) is 4.74 Å². The molecule has 1 aliphatic heterocycles. The van der Waals surface area contributed by atoms with E-state index in [9.17, 15) is 4.79 Å². The standard InChI is InChI=1S/C17H11BrN2O2S/c18-11-5-3-4-10(8-11)16(21)20-17-19-15-12-6-1-2-7-13(12)22-9-14(15)23-17/h1-8H,9H2,(H,19,20,21). The first-order chi connectivity index (χ1) is 11.2. The van der Waals surface area contributed by atoms with E-state index in [2.05, 4.69) is 26.2 Å². The molecule has 0 spiro atoms. The molecule has 0 radical (unpaired) electrons. The van der Waals surface area contributed by atoms with Gasteiger partial charge in [-0.3, -0.25) is 10.1 Å². The van der Waals surface area contributed by atoms with E-state index in [-0.39, 0.29) is 5.91 Å². The maximum atomic E-state index is 12.3. The summed E-state index contributed by atoms with van der Waals surface area (Å²) in [5.74, 6) is 0.654. The number of hydrogen-bond donors (Lipinski definition) is 1. The number of nitrogens with one attached hydrogen (secondary N) is 1. The van der Waals surface area contributed by atoms with Crippen LogP contribution in [0.3, 0.4) is 0 Å². The number of rotatable bonds is 2. The predicted octanol–water partition coefficient (Wildman–Crippen LogP) is 4.72. The monoisotopic (exact) mass is 386 g/mol. The van der Waals surface area contributed by atoms with Gasteiger partial charge in [0.1, 0.15) is 12.4 Å². The number of para-hydroxylation sites is 1. The van der Waals surface area contributed by atoms with Gasteiger partial charge >= 0.3 is 0 Å². The quantitative estimate of drug-likeness (QED) is 0.693. The van der Waals surface area contributed by atoms with Crippen molar-refractivity contribution in [3.05, 3.63) is 63.4 Å². The smallest absolute Gasteiger partial charge is 0.257 e. The number of hydrogen-bond acceptors (Lipinski definition) is 4. The molecule has 6 heteroatoms. The number of aromatic nitrogens is 1. The predicted molar refractivity (Wildman–Crippen MR) is 94.0 cm³/mol. The van der Waals surface area contributed by atoms with Crippen LogP contribution in [0.4, 0.5) is 5.13 Å². The van der Waals surface area contributed by atoms with Crippen LogP contribution in [0, 0.1) is 0 Å². The molecule has 0 bridgehead atoms. The van der Waals surface area contributed by atoms with Crippen LogP contribution in [0.1, 0.15) is 15.2 Å². The second-order valence-corrected chi connectivity index (χ2v) is 7.04.